The molecule has 35 heavy (non-hydrogen) atoms. The van der Waals surface area contributed by atoms with Crippen molar-refractivity contribution in [3.05, 3.63) is 78.9 Å². The third kappa shape index (κ3) is 6.64. The van der Waals surface area contributed by atoms with Crippen LogP contribution in [0.25, 0.3) is 11.4 Å². The number of benzene rings is 2. The van der Waals surface area contributed by atoms with Gasteiger partial charge in [-0.05, 0) is 48.5 Å². The maximum Gasteiger partial charge on any atom is 0.246 e. The monoisotopic (exact) mass is 492 g/mol. The summed E-state index contributed by atoms with van der Waals surface area (Å²) < 4.78 is 19.7. The number of halogens is 1. The highest BCUT2D eigenvalue weighted by Crippen LogP contribution is 2.22. The fourth-order valence-electron chi connectivity index (χ4n) is 3.06. The summed E-state index contributed by atoms with van der Waals surface area (Å²) in [6, 6.07) is 16.0. The lowest BCUT2D eigenvalue weighted by molar-refractivity contribution is -0.117. The Kier molecular flexibility index (Phi) is 7.68. The van der Waals surface area contributed by atoms with E-state index in [1.807, 2.05) is 0 Å². The number of amides is 2. The number of hydrogen-bond acceptors (Lipinski definition) is 7. The number of ether oxygens (including phenoxy) is 1. The van der Waals surface area contributed by atoms with Crippen LogP contribution in [0.1, 0.15) is 0 Å². The lowest BCUT2D eigenvalue weighted by Crippen LogP contribution is -2.20. The van der Waals surface area contributed by atoms with Crippen molar-refractivity contribution in [1.29, 1.82) is 0 Å². The number of aromatic nitrogens is 4. The second kappa shape index (κ2) is 11.3. The van der Waals surface area contributed by atoms with Gasteiger partial charge >= 0.3 is 0 Å². The number of nitrogens with zero attached hydrogens (tertiary/aromatic N) is 4. The molecule has 0 bridgehead atoms. The third-order valence-electron chi connectivity index (χ3n) is 4.68. The Bertz CT molecular complexity index is 1310. The molecule has 178 valence electrons. The Balaban J connectivity index is 1.47. The first-order valence-corrected chi connectivity index (χ1v) is 11.5. The molecule has 0 aliphatic carbocycles. The van der Waals surface area contributed by atoms with Crippen LogP contribution >= 0.6 is 11.8 Å². The zero-order valence-electron chi connectivity index (χ0n) is 18.6. The Morgan fingerprint density at radius 1 is 1.00 bits per heavy atom. The molecule has 0 atom stereocenters. The Morgan fingerprint density at radius 3 is 2.49 bits per heavy atom. The zero-order chi connectivity index (χ0) is 24.6. The van der Waals surface area contributed by atoms with Gasteiger partial charge in [0.15, 0.2) is 11.0 Å². The fraction of sp³-hybridized carbons (Fsp3) is 0.125. The first-order chi connectivity index (χ1) is 17.0. The summed E-state index contributed by atoms with van der Waals surface area (Å²) in [6.45, 7) is -0.114. The van der Waals surface area contributed by atoms with Crippen molar-refractivity contribution >= 4 is 35.0 Å². The Morgan fingerprint density at radius 2 is 1.74 bits per heavy atom. The quantitative estimate of drug-likeness (QED) is 0.341. The standard InChI is InChI=1S/C24H21FN6O3S/c1-34-20-4-2-3-19(13-20)28-21(32)14-31-24(29-23(30-31)16-9-11-26-12-10-16)35-15-22(33)27-18-7-5-17(25)6-8-18/h2-13H,14-15H2,1H3,(H,27,33)(H,28,32). The normalized spacial score (nSPS) is 10.6. The highest BCUT2D eigenvalue weighted by Gasteiger charge is 2.17. The van der Waals surface area contributed by atoms with Gasteiger partial charge in [0.1, 0.15) is 18.1 Å². The van der Waals surface area contributed by atoms with Crippen molar-refractivity contribution in [2.75, 3.05) is 23.5 Å². The van der Waals surface area contributed by atoms with Gasteiger partial charge in [0, 0.05) is 35.4 Å². The first kappa shape index (κ1) is 23.9. The summed E-state index contributed by atoms with van der Waals surface area (Å²) in [7, 11) is 1.55. The van der Waals surface area contributed by atoms with E-state index in [1.165, 1.54) is 28.9 Å². The summed E-state index contributed by atoms with van der Waals surface area (Å²) in [5, 5.41) is 10.4. The molecular formula is C24H21FN6O3S. The number of methoxy groups -OCH3 is 1. The van der Waals surface area contributed by atoms with E-state index in [4.69, 9.17) is 4.74 Å². The van der Waals surface area contributed by atoms with Gasteiger partial charge < -0.3 is 15.4 Å². The van der Waals surface area contributed by atoms with Gasteiger partial charge in [0.25, 0.3) is 0 Å². The minimum Gasteiger partial charge on any atom is -0.497 e. The van der Waals surface area contributed by atoms with Crippen molar-refractivity contribution in [3.8, 4) is 17.1 Å². The lowest BCUT2D eigenvalue weighted by atomic mass is 10.3. The van der Waals surface area contributed by atoms with E-state index in [1.54, 1.807) is 55.9 Å². The van der Waals surface area contributed by atoms with Gasteiger partial charge in [-0.15, -0.1) is 5.10 Å². The number of rotatable bonds is 9. The molecule has 0 fully saturated rings. The van der Waals surface area contributed by atoms with Gasteiger partial charge in [-0.1, -0.05) is 17.8 Å². The highest BCUT2D eigenvalue weighted by atomic mass is 32.2. The number of pyridine rings is 1. The van der Waals surface area contributed by atoms with E-state index in [2.05, 4.69) is 25.7 Å². The van der Waals surface area contributed by atoms with Crippen LogP contribution in [0.15, 0.2) is 78.2 Å². The molecule has 11 heteroatoms. The molecule has 0 unspecified atom stereocenters. The van der Waals surface area contributed by atoms with Crippen molar-refractivity contribution < 1.29 is 18.7 Å². The second-order valence-electron chi connectivity index (χ2n) is 7.24. The molecule has 4 rings (SSSR count). The summed E-state index contributed by atoms with van der Waals surface area (Å²) >= 11 is 1.14. The minimum atomic E-state index is -0.388. The molecule has 2 heterocycles. The van der Waals surface area contributed by atoms with Crippen LogP contribution < -0.4 is 15.4 Å². The summed E-state index contributed by atoms with van der Waals surface area (Å²) in [6.07, 6.45) is 3.24. The minimum absolute atomic E-state index is 0.0172. The van der Waals surface area contributed by atoms with E-state index in [9.17, 15) is 14.0 Å². The molecule has 2 N–H and O–H groups in total. The number of carbonyl (C=O) groups excluding carboxylic acids is 2. The average Bonchev–Trinajstić information content (AvgIpc) is 3.27. The number of anilines is 2. The maximum absolute atomic E-state index is 13.1. The molecule has 4 aromatic rings. The molecule has 0 aliphatic rings. The second-order valence-corrected chi connectivity index (χ2v) is 8.18. The molecule has 2 aromatic heterocycles. The van der Waals surface area contributed by atoms with E-state index in [0.717, 1.165) is 17.3 Å². The average molecular weight is 493 g/mol. The first-order valence-electron chi connectivity index (χ1n) is 10.5. The highest BCUT2D eigenvalue weighted by molar-refractivity contribution is 7.99. The van der Waals surface area contributed by atoms with Crippen LogP contribution in [0.3, 0.4) is 0 Å². The van der Waals surface area contributed by atoms with Crippen LogP contribution in [0.4, 0.5) is 15.8 Å². The van der Waals surface area contributed by atoms with Crippen molar-refractivity contribution in [3.63, 3.8) is 0 Å². The van der Waals surface area contributed by atoms with Gasteiger partial charge in [0.2, 0.25) is 11.8 Å². The van der Waals surface area contributed by atoms with Gasteiger partial charge in [-0.25, -0.2) is 14.1 Å². The molecule has 2 amide bonds. The van der Waals surface area contributed by atoms with E-state index in [0.29, 0.717) is 28.1 Å². The predicted octanol–water partition coefficient (Wildman–Crippen LogP) is 3.86. The molecular weight excluding hydrogens is 471 g/mol. The SMILES string of the molecule is COc1cccc(NC(=O)Cn2nc(-c3ccncc3)nc2SCC(=O)Nc2ccc(F)cc2)c1. The fourth-order valence-corrected chi connectivity index (χ4v) is 3.80. The van der Waals surface area contributed by atoms with Crippen LogP contribution in [0.5, 0.6) is 5.75 Å². The third-order valence-corrected chi connectivity index (χ3v) is 5.65. The molecule has 0 radical (unpaired) electrons. The number of thioether (sulfide) groups is 1. The smallest absolute Gasteiger partial charge is 0.246 e. The molecule has 0 aliphatic heterocycles. The number of nitrogens with one attached hydrogen (secondary N) is 2. The molecule has 2 aromatic carbocycles. The van der Waals surface area contributed by atoms with Crippen LogP contribution in [-0.2, 0) is 16.1 Å². The van der Waals surface area contributed by atoms with Gasteiger partial charge in [-0.3, -0.25) is 14.6 Å². The summed E-state index contributed by atoms with van der Waals surface area (Å²) in [4.78, 5) is 33.6. The molecule has 0 spiro atoms. The number of hydrogen-bond donors (Lipinski definition) is 2. The zero-order valence-corrected chi connectivity index (χ0v) is 19.5. The van der Waals surface area contributed by atoms with Crippen molar-refractivity contribution in [2.24, 2.45) is 0 Å². The summed E-state index contributed by atoms with van der Waals surface area (Å²) in [5.41, 5.74) is 1.79. The number of carbonyl (C=O) groups is 2. The molecule has 0 saturated heterocycles. The molecule has 0 saturated carbocycles. The van der Waals surface area contributed by atoms with Crippen molar-refractivity contribution in [1.82, 2.24) is 19.7 Å². The van der Waals surface area contributed by atoms with Crippen LogP contribution in [0.2, 0.25) is 0 Å². The summed E-state index contributed by atoms with van der Waals surface area (Å²) in [5.74, 6) is 0.0319. The van der Waals surface area contributed by atoms with E-state index in [-0.39, 0.29) is 29.9 Å². The van der Waals surface area contributed by atoms with Crippen molar-refractivity contribution in [2.45, 2.75) is 11.7 Å². The van der Waals surface area contributed by atoms with Crippen LogP contribution in [-0.4, -0.2) is 44.4 Å². The largest absolute Gasteiger partial charge is 0.497 e. The van der Waals surface area contributed by atoms with E-state index >= 15 is 0 Å². The van der Waals surface area contributed by atoms with Gasteiger partial charge in [-0.2, -0.15) is 0 Å². The topological polar surface area (TPSA) is 111 Å². The maximum atomic E-state index is 13.1. The molecule has 9 nitrogen and oxygen atoms in total. The lowest BCUT2D eigenvalue weighted by Gasteiger charge is -2.09. The predicted molar refractivity (Wildman–Crippen MR) is 131 cm³/mol. The van der Waals surface area contributed by atoms with Crippen LogP contribution in [0, 0.1) is 5.82 Å². The Labute approximate surface area is 204 Å². The van der Waals surface area contributed by atoms with Gasteiger partial charge in [0.05, 0.1) is 12.9 Å². The van der Waals surface area contributed by atoms with E-state index < -0.39 is 0 Å². The Hall–Kier alpha value is -4.25.